The quantitative estimate of drug-likeness (QED) is 0.711. The van der Waals surface area contributed by atoms with Gasteiger partial charge in [-0.1, -0.05) is 0 Å². The molecular formula is C23H27N3O4. The van der Waals surface area contributed by atoms with Crippen LogP contribution in [0.15, 0.2) is 36.5 Å². The summed E-state index contributed by atoms with van der Waals surface area (Å²) >= 11 is 0. The highest BCUT2D eigenvalue weighted by Gasteiger charge is 2.24. The lowest BCUT2D eigenvalue weighted by atomic mass is 9.92. The molecule has 0 aliphatic heterocycles. The molecule has 3 rings (SSSR count). The van der Waals surface area contributed by atoms with Gasteiger partial charge in [-0.2, -0.15) is 5.26 Å². The van der Waals surface area contributed by atoms with Crippen molar-refractivity contribution in [2.75, 3.05) is 13.2 Å². The molecule has 1 aliphatic rings. The Bertz CT molecular complexity index is 884. The molecule has 1 aliphatic carbocycles. The highest BCUT2D eigenvalue weighted by Crippen LogP contribution is 2.29. The van der Waals surface area contributed by atoms with E-state index < -0.39 is 0 Å². The highest BCUT2D eigenvalue weighted by molar-refractivity contribution is 5.95. The lowest BCUT2D eigenvalue weighted by Gasteiger charge is -2.29. The largest absolute Gasteiger partial charge is 0.490 e. The average molecular weight is 409 g/mol. The highest BCUT2D eigenvalue weighted by atomic mass is 16.5. The van der Waals surface area contributed by atoms with Gasteiger partial charge in [0, 0.05) is 23.9 Å². The Balaban J connectivity index is 1.52. The van der Waals surface area contributed by atoms with Gasteiger partial charge < -0.3 is 19.5 Å². The number of hydrogen-bond acceptors (Lipinski definition) is 6. The molecule has 1 fully saturated rings. The second kappa shape index (κ2) is 10.5. The first-order valence-electron chi connectivity index (χ1n) is 10.4. The molecule has 7 nitrogen and oxygen atoms in total. The van der Waals surface area contributed by atoms with Crippen molar-refractivity contribution < 1.29 is 19.0 Å². The summed E-state index contributed by atoms with van der Waals surface area (Å²) in [7, 11) is 0. The molecule has 1 saturated carbocycles. The Hall–Kier alpha value is -3.27. The van der Waals surface area contributed by atoms with Gasteiger partial charge >= 0.3 is 0 Å². The van der Waals surface area contributed by atoms with Crippen LogP contribution in [0.2, 0.25) is 0 Å². The molecule has 1 heterocycles. The number of carbonyl (C=O) groups excluding carboxylic acids is 1. The zero-order chi connectivity index (χ0) is 21.3. The Morgan fingerprint density at radius 2 is 1.83 bits per heavy atom. The van der Waals surface area contributed by atoms with Crippen LogP contribution in [-0.4, -0.2) is 36.3 Å². The van der Waals surface area contributed by atoms with Gasteiger partial charge in [-0.05, 0) is 63.8 Å². The maximum Gasteiger partial charge on any atom is 0.251 e. The molecule has 2 aromatic rings. The van der Waals surface area contributed by atoms with Crippen molar-refractivity contribution in [3.8, 4) is 23.4 Å². The van der Waals surface area contributed by atoms with Gasteiger partial charge in [0.05, 0.1) is 18.8 Å². The molecular weight excluding hydrogens is 382 g/mol. The van der Waals surface area contributed by atoms with Gasteiger partial charge in [0.1, 0.15) is 12.2 Å². The lowest BCUT2D eigenvalue weighted by molar-refractivity contribution is 0.0889. The van der Waals surface area contributed by atoms with E-state index in [-0.39, 0.29) is 18.1 Å². The zero-order valence-electron chi connectivity index (χ0n) is 17.4. The minimum absolute atomic E-state index is 0.0635. The first-order chi connectivity index (χ1) is 14.6. The summed E-state index contributed by atoms with van der Waals surface area (Å²) in [5.74, 6) is 1.64. The number of carbonyl (C=O) groups is 1. The van der Waals surface area contributed by atoms with E-state index in [2.05, 4.69) is 10.3 Å². The third-order valence-electron chi connectivity index (χ3n) is 4.97. The van der Waals surface area contributed by atoms with E-state index in [1.54, 1.807) is 30.3 Å². The van der Waals surface area contributed by atoms with Crippen molar-refractivity contribution in [2.45, 2.75) is 51.7 Å². The third-order valence-corrected chi connectivity index (χ3v) is 4.97. The number of nitrogens with zero attached hydrogens (tertiary/aromatic N) is 2. The van der Waals surface area contributed by atoms with Crippen LogP contribution in [0, 0.1) is 11.3 Å². The number of aromatic nitrogens is 1. The van der Waals surface area contributed by atoms with E-state index in [0.717, 1.165) is 25.7 Å². The van der Waals surface area contributed by atoms with Gasteiger partial charge in [-0.25, -0.2) is 4.98 Å². The zero-order valence-corrected chi connectivity index (χ0v) is 17.4. The first-order valence-corrected chi connectivity index (χ1v) is 10.4. The summed E-state index contributed by atoms with van der Waals surface area (Å²) < 4.78 is 17.1. The van der Waals surface area contributed by atoms with E-state index in [1.807, 2.05) is 19.9 Å². The van der Waals surface area contributed by atoms with Crippen LogP contribution in [0.3, 0.4) is 0 Å². The second-order valence-corrected chi connectivity index (χ2v) is 7.09. The van der Waals surface area contributed by atoms with Crippen LogP contribution >= 0.6 is 0 Å². The molecule has 0 saturated heterocycles. The SMILES string of the molecule is CCOc1ccc(C(=O)NC2CCC(Oc3ccc(C#N)cn3)CC2)cc1OCC. The smallest absolute Gasteiger partial charge is 0.251 e. The second-order valence-electron chi connectivity index (χ2n) is 7.09. The number of nitrogens with one attached hydrogen (secondary N) is 1. The fourth-order valence-electron chi connectivity index (χ4n) is 3.47. The lowest BCUT2D eigenvalue weighted by Crippen LogP contribution is -2.39. The molecule has 1 amide bonds. The molecule has 1 N–H and O–H groups in total. The minimum Gasteiger partial charge on any atom is -0.490 e. The molecule has 1 aromatic heterocycles. The van der Waals surface area contributed by atoms with Crippen molar-refractivity contribution in [1.29, 1.82) is 5.26 Å². The number of hydrogen-bond donors (Lipinski definition) is 1. The van der Waals surface area contributed by atoms with Crippen LogP contribution in [0.4, 0.5) is 0 Å². The summed E-state index contributed by atoms with van der Waals surface area (Å²) in [6.07, 6.45) is 4.91. The molecule has 0 unspecified atom stereocenters. The van der Waals surface area contributed by atoms with E-state index in [0.29, 0.717) is 41.7 Å². The molecule has 30 heavy (non-hydrogen) atoms. The van der Waals surface area contributed by atoms with Crippen molar-refractivity contribution >= 4 is 5.91 Å². The Kier molecular flexibility index (Phi) is 7.50. The monoisotopic (exact) mass is 409 g/mol. The van der Waals surface area contributed by atoms with Crippen LogP contribution in [0.1, 0.15) is 55.5 Å². The fourth-order valence-corrected chi connectivity index (χ4v) is 3.47. The van der Waals surface area contributed by atoms with Crippen molar-refractivity contribution in [1.82, 2.24) is 10.3 Å². The number of ether oxygens (including phenoxy) is 3. The summed E-state index contributed by atoms with van der Waals surface area (Å²) in [5.41, 5.74) is 1.07. The molecule has 158 valence electrons. The van der Waals surface area contributed by atoms with E-state index >= 15 is 0 Å². The standard InChI is InChI=1S/C23H27N3O4/c1-3-28-20-11-6-17(13-21(20)29-4-2)23(27)26-18-7-9-19(10-8-18)30-22-12-5-16(14-24)15-25-22/h5-6,11-13,15,18-19H,3-4,7-10H2,1-2H3,(H,26,27). The van der Waals surface area contributed by atoms with E-state index in [9.17, 15) is 4.79 Å². The number of rotatable bonds is 8. The van der Waals surface area contributed by atoms with Crippen LogP contribution in [-0.2, 0) is 0 Å². The maximum atomic E-state index is 12.7. The van der Waals surface area contributed by atoms with E-state index in [4.69, 9.17) is 19.5 Å². The third kappa shape index (κ3) is 5.63. The van der Waals surface area contributed by atoms with Crippen molar-refractivity contribution in [3.05, 3.63) is 47.7 Å². The number of benzene rings is 1. The van der Waals surface area contributed by atoms with Gasteiger partial charge in [0.2, 0.25) is 5.88 Å². The molecule has 7 heteroatoms. The number of amides is 1. The molecule has 0 spiro atoms. The molecule has 0 bridgehead atoms. The minimum atomic E-state index is -0.114. The van der Waals surface area contributed by atoms with Gasteiger partial charge in [0.25, 0.3) is 5.91 Å². The van der Waals surface area contributed by atoms with Crippen molar-refractivity contribution in [2.24, 2.45) is 0 Å². The van der Waals surface area contributed by atoms with Gasteiger partial charge in [-0.3, -0.25) is 4.79 Å². The Morgan fingerprint density at radius 3 is 2.47 bits per heavy atom. The maximum absolute atomic E-state index is 12.7. The molecule has 0 radical (unpaired) electrons. The number of pyridine rings is 1. The number of nitriles is 1. The molecule has 0 atom stereocenters. The summed E-state index contributed by atoms with van der Waals surface area (Å²) in [6.45, 7) is 4.85. The predicted molar refractivity (Wildman–Crippen MR) is 112 cm³/mol. The first kappa shape index (κ1) is 21.4. The van der Waals surface area contributed by atoms with Crippen LogP contribution in [0.5, 0.6) is 17.4 Å². The fraction of sp³-hybridized carbons (Fsp3) is 0.435. The predicted octanol–water partition coefficient (Wildman–Crippen LogP) is 3.87. The molecule has 1 aromatic carbocycles. The summed E-state index contributed by atoms with van der Waals surface area (Å²) in [6, 6.07) is 10.8. The van der Waals surface area contributed by atoms with Crippen LogP contribution < -0.4 is 19.5 Å². The Morgan fingerprint density at radius 1 is 1.10 bits per heavy atom. The van der Waals surface area contributed by atoms with Crippen LogP contribution in [0.25, 0.3) is 0 Å². The van der Waals surface area contributed by atoms with Gasteiger partial charge in [-0.15, -0.1) is 0 Å². The normalized spacial score (nSPS) is 18.2. The Labute approximate surface area is 177 Å². The average Bonchev–Trinajstić information content (AvgIpc) is 2.77. The van der Waals surface area contributed by atoms with E-state index in [1.165, 1.54) is 6.20 Å². The summed E-state index contributed by atoms with van der Waals surface area (Å²) in [4.78, 5) is 16.9. The summed E-state index contributed by atoms with van der Waals surface area (Å²) in [5, 5.41) is 11.9. The van der Waals surface area contributed by atoms with Crippen molar-refractivity contribution in [3.63, 3.8) is 0 Å². The van der Waals surface area contributed by atoms with Gasteiger partial charge in [0.15, 0.2) is 11.5 Å². The topological polar surface area (TPSA) is 93.5 Å².